The van der Waals surface area contributed by atoms with Crippen molar-refractivity contribution in [2.75, 3.05) is 13.2 Å². The zero-order valence-electron chi connectivity index (χ0n) is 16.3. The summed E-state index contributed by atoms with van der Waals surface area (Å²) in [7, 11) is 0. The van der Waals surface area contributed by atoms with Crippen molar-refractivity contribution >= 4 is 22.8 Å². The molecule has 0 unspecified atom stereocenters. The molecule has 1 aromatic carbocycles. The Labute approximate surface area is 178 Å². The molecule has 1 saturated carbocycles. The van der Waals surface area contributed by atoms with Gasteiger partial charge in [0.25, 0.3) is 6.01 Å². The van der Waals surface area contributed by atoms with Crippen LogP contribution in [0.2, 0.25) is 5.02 Å². The van der Waals surface area contributed by atoms with Gasteiger partial charge in [-0.25, -0.2) is 4.98 Å². The number of nitrogens with zero attached hydrogens (tertiary/aromatic N) is 2. The molecule has 3 fully saturated rings. The van der Waals surface area contributed by atoms with Gasteiger partial charge in [0, 0.05) is 12.2 Å². The second-order valence-electron chi connectivity index (χ2n) is 8.35. The number of nitrogens with one attached hydrogen (secondary N) is 1. The molecular weight excluding hydrogens is 406 g/mol. The highest BCUT2D eigenvalue weighted by atomic mass is 35.5. The van der Waals surface area contributed by atoms with Crippen LogP contribution < -0.4 is 4.74 Å². The average Bonchev–Trinajstić information content (AvgIpc) is 3.43. The number of aromatic nitrogens is 3. The summed E-state index contributed by atoms with van der Waals surface area (Å²) in [6.45, 7) is 1.19. The van der Waals surface area contributed by atoms with Gasteiger partial charge >= 0.3 is 0 Å². The third-order valence-electron chi connectivity index (χ3n) is 6.46. The minimum Gasteiger partial charge on any atom is -0.456 e. The van der Waals surface area contributed by atoms with Crippen LogP contribution in [0.25, 0.3) is 22.4 Å². The highest BCUT2D eigenvalue weighted by Crippen LogP contribution is 2.41. The fourth-order valence-corrected chi connectivity index (χ4v) is 4.83. The monoisotopic (exact) mass is 427 g/mol. The molecular formula is C22H22ClN3O4. The van der Waals surface area contributed by atoms with Gasteiger partial charge in [-0.3, -0.25) is 0 Å². The van der Waals surface area contributed by atoms with Crippen molar-refractivity contribution in [1.82, 2.24) is 15.0 Å². The summed E-state index contributed by atoms with van der Waals surface area (Å²) in [4.78, 5) is 12.3. The SMILES string of the molecule is OC1(c2ccc(-c3nc4nc(O[C@@H]5CO[C@@H]6CCO[C@@H]65)[nH]c4cc3Cl)cc2)CCC1. The predicted octanol–water partition coefficient (Wildman–Crippen LogP) is 3.58. The maximum atomic E-state index is 10.5. The van der Waals surface area contributed by atoms with E-state index in [1.54, 1.807) is 0 Å². The van der Waals surface area contributed by atoms with Gasteiger partial charge in [-0.1, -0.05) is 35.9 Å². The van der Waals surface area contributed by atoms with Gasteiger partial charge < -0.3 is 24.3 Å². The Kier molecular flexibility index (Phi) is 4.28. The summed E-state index contributed by atoms with van der Waals surface area (Å²) in [6, 6.07) is 10.00. The van der Waals surface area contributed by atoms with Crippen molar-refractivity contribution < 1.29 is 19.3 Å². The van der Waals surface area contributed by atoms with Crippen LogP contribution in [-0.2, 0) is 15.1 Å². The first-order chi connectivity index (χ1) is 14.6. The summed E-state index contributed by atoms with van der Waals surface area (Å²) in [5.74, 6) is 0. The summed E-state index contributed by atoms with van der Waals surface area (Å²) in [5.41, 5.74) is 3.04. The van der Waals surface area contributed by atoms with Crippen molar-refractivity contribution in [2.45, 2.75) is 49.6 Å². The van der Waals surface area contributed by atoms with Crippen LogP contribution >= 0.6 is 11.6 Å². The van der Waals surface area contributed by atoms with Crippen molar-refractivity contribution in [3.63, 3.8) is 0 Å². The number of fused-ring (bicyclic) bond motifs is 2. The average molecular weight is 428 g/mol. The van der Waals surface area contributed by atoms with E-state index in [0.29, 0.717) is 41.1 Å². The molecule has 3 aromatic rings. The first-order valence-corrected chi connectivity index (χ1v) is 10.8. The molecule has 0 radical (unpaired) electrons. The fraction of sp³-hybridized carbons (Fsp3) is 0.455. The van der Waals surface area contributed by atoms with Crippen LogP contribution in [0.4, 0.5) is 0 Å². The van der Waals surface area contributed by atoms with Crippen LogP contribution in [0, 0.1) is 0 Å². The third-order valence-corrected chi connectivity index (χ3v) is 6.75. The summed E-state index contributed by atoms with van der Waals surface area (Å²) >= 11 is 6.52. The molecule has 3 aliphatic rings. The molecule has 4 heterocycles. The van der Waals surface area contributed by atoms with Gasteiger partial charge in [0.15, 0.2) is 11.8 Å². The smallest absolute Gasteiger partial charge is 0.296 e. The van der Waals surface area contributed by atoms with Gasteiger partial charge in [-0.2, -0.15) is 4.98 Å². The predicted molar refractivity (Wildman–Crippen MR) is 111 cm³/mol. The standard InChI is InChI=1S/C22H22ClN3O4/c23-14-10-15-20(26-21(24-15)30-17-11-29-16-6-9-28-19(16)17)25-18(14)12-2-4-13(5-3-12)22(27)7-1-8-22/h2-5,10,16-17,19,27H,1,6-9,11H2,(H,24,25,26)/t16-,17-,19+/m1/s1. The van der Waals surface area contributed by atoms with E-state index in [9.17, 15) is 5.11 Å². The fourth-order valence-electron chi connectivity index (χ4n) is 4.57. The Bertz CT molecular complexity index is 1100. The summed E-state index contributed by atoms with van der Waals surface area (Å²) in [6.07, 6.45) is 3.47. The van der Waals surface area contributed by atoms with Crippen molar-refractivity contribution in [1.29, 1.82) is 0 Å². The molecule has 0 spiro atoms. The molecule has 30 heavy (non-hydrogen) atoms. The second kappa shape index (κ2) is 6.92. The van der Waals surface area contributed by atoms with Gasteiger partial charge in [-0.15, -0.1) is 0 Å². The van der Waals surface area contributed by atoms with E-state index in [1.165, 1.54) is 0 Å². The Morgan fingerprint density at radius 1 is 1.17 bits per heavy atom. The van der Waals surface area contributed by atoms with Crippen molar-refractivity contribution in [3.8, 4) is 17.3 Å². The van der Waals surface area contributed by atoms with Crippen molar-refractivity contribution in [3.05, 3.63) is 40.9 Å². The van der Waals surface area contributed by atoms with Gasteiger partial charge in [0.05, 0.1) is 34.5 Å². The Morgan fingerprint density at radius 2 is 2.00 bits per heavy atom. The van der Waals surface area contributed by atoms with Crippen molar-refractivity contribution in [2.24, 2.45) is 0 Å². The largest absolute Gasteiger partial charge is 0.456 e. The quantitative estimate of drug-likeness (QED) is 0.661. The molecule has 0 amide bonds. The minimum atomic E-state index is -0.680. The van der Waals surface area contributed by atoms with E-state index in [-0.39, 0.29) is 18.3 Å². The number of benzene rings is 1. The normalized spacial score (nSPS) is 27.2. The van der Waals surface area contributed by atoms with E-state index in [1.807, 2.05) is 30.3 Å². The first-order valence-electron chi connectivity index (χ1n) is 10.4. The van der Waals surface area contributed by atoms with Crippen LogP contribution in [0.15, 0.2) is 30.3 Å². The summed E-state index contributed by atoms with van der Waals surface area (Å²) in [5, 5.41) is 11.1. The number of hydrogen-bond acceptors (Lipinski definition) is 6. The van der Waals surface area contributed by atoms with E-state index in [0.717, 1.165) is 36.8 Å². The number of imidazole rings is 1. The van der Waals surface area contributed by atoms with Gasteiger partial charge in [0.1, 0.15) is 6.10 Å². The number of aromatic amines is 1. The number of ether oxygens (including phenoxy) is 3. The number of hydrogen-bond donors (Lipinski definition) is 2. The molecule has 156 valence electrons. The highest BCUT2D eigenvalue weighted by Gasteiger charge is 2.43. The van der Waals surface area contributed by atoms with Gasteiger partial charge in [-0.05, 0) is 37.3 Å². The molecule has 1 aliphatic carbocycles. The maximum absolute atomic E-state index is 10.5. The lowest BCUT2D eigenvalue weighted by Crippen LogP contribution is -2.33. The minimum absolute atomic E-state index is 0.0469. The van der Waals surface area contributed by atoms with Crippen LogP contribution in [0.1, 0.15) is 31.2 Å². The molecule has 0 bridgehead atoms. The number of H-pyrrole nitrogens is 1. The molecule has 6 rings (SSSR count). The third kappa shape index (κ3) is 3.00. The number of halogens is 1. The maximum Gasteiger partial charge on any atom is 0.296 e. The number of pyridine rings is 1. The molecule has 2 aromatic heterocycles. The zero-order valence-corrected chi connectivity index (χ0v) is 17.1. The van der Waals surface area contributed by atoms with Gasteiger partial charge in [0.2, 0.25) is 0 Å². The Morgan fingerprint density at radius 3 is 2.77 bits per heavy atom. The van der Waals surface area contributed by atoms with Crippen LogP contribution in [0.5, 0.6) is 6.01 Å². The number of aliphatic hydroxyl groups is 1. The Balaban J connectivity index is 1.27. The molecule has 2 N–H and O–H groups in total. The van der Waals surface area contributed by atoms with E-state index < -0.39 is 5.60 Å². The van der Waals surface area contributed by atoms with Crippen LogP contribution in [-0.4, -0.2) is 51.6 Å². The molecule has 8 heteroatoms. The first kappa shape index (κ1) is 18.6. The van der Waals surface area contributed by atoms with E-state index in [4.69, 9.17) is 25.8 Å². The highest BCUT2D eigenvalue weighted by molar-refractivity contribution is 6.33. The molecule has 2 saturated heterocycles. The topological polar surface area (TPSA) is 89.5 Å². The summed E-state index contributed by atoms with van der Waals surface area (Å²) < 4.78 is 17.5. The molecule has 3 atom stereocenters. The van der Waals surface area contributed by atoms with Crippen LogP contribution in [0.3, 0.4) is 0 Å². The lowest BCUT2D eigenvalue weighted by atomic mass is 9.75. The molecule has 7 nitrogen and oxygen atoms in total. The Hall–Kier alpha value is -2.19. The van der Waals surface area contributed by atoms with E-state index >= 15 is 0 Å². The molecule has 2 aliphatic heterocycles. The lowest BCUT2D eigenvalue weighted by Gasteiger charge is -2.37. The zero-order chi connectivity index (χ0) is 20.3. The van der Waals surface area contributed by atoms with E-state index in [2.05, 4.69) is 15.0 Å². The lowest BCUT2D eigenvalue weighted by molar-refractivity contribution is -0.0387. The second-order valence-corrected chi connectivity index (χ2v) is 8.75. The number of rotatable bonds is 4.